The van der Waals surface area contributed by atoms with E-state index in [4.69, 9.17) is 0 Å². The Kier molecular flexibility index (Phi) is 3.81. The summed E-state index contributed by atoms with van der Waals surface area (Å²) in [5.41, 5.74) is 3.40. The number of rotatable bonds is 3. The third-order valence-corrected chi connectivity index (χ3v) is 5.26. The molecule has 4 rings (SSSR count). The molecule has 0 bridgehead atoms. The Morgan fingerprint density at radius 2 is 1.73 bits per heavy atom. The van der Waals surface area contributed by atoms with E-state index < -0.39 is 9.84 Å². The van der Waals surface area contributed by atoms with Crippen molar-refractivity contribution in [2.75, 3.05) is 6.26 Å². The van der Waals surface area contributed by atoms with E-state index in [0.29, 0.717) is 17.0 Å². The van der Waals surface area contributed by atoms with Gasteiger partial charge >= 0.3 is 0 Å². The standard InChI is InChI=1S/C19H14FN3O2S/c1-26(24,25)15-7-5-12(6-8-15)18-17-16(9-10-21-18)22-23-19(17)13-3-2-4-14(20)11-13/h2-11H,1H3,(H,22,23). The van der Waals surface area contributed by atoms with Crippen molar-refractivity contribution in [1.29, 1.82) is 0 Å². The van der Waals surface area contributed by atoms with Gasteiger partial charge < -0.3 is 0 Å². The quantitative estimate of drug-likeness (QED) is 0.597. The van der Waals surface area contributed by atoms with Gasteiger partial charge in [0, 0.05) is 23.6 Å². The van der Waals surface area contributed by atoms with E-state index >= 15 is 0 Å². The molecule has 2 heterocycles. The average Bonchev–Trinajstić information content (AvgIpc) is 3.05. The van der Waals surface area contributed by atoms with Gasteiger partial charge in [0.25, 0.3) is 0 Å². The summed E-state index contributed by atoms with van der Waals surface area (Å²) in [4.78, 5) is 4.69. The average molecular weight is 367 g/mol. The molecule has 0 aliphatic carbocycles. The summed E-state index contributed by atoms with van der Waals surface area (Å²) in [5.74, 6) is -0.346. The van der Waals surface area contributed by atoms with Crippen molar-refractivity contribution in [3.8, 4) is 22.5 Å². The Balaban J connectivity index is 1.92. The Hall–Kier alpha value is -3.06. The lowest BCUT2D eigenvalue weighted by molar-refractivity contribution is 0.602. The number of aromatic nitrogens is 3. The molecule has 0 saturated heterocycles. The monoisotopic (exact) mass is 367 g/mol. The molecular weight excluding hydrogens is 353 g/mol. The van der Waals surface area contributed by atoms with Gasteiger partial charge in [-0.25, -0.2) is 12.8 Å². The van der Waals surface area contributed by atoms with Crippen LogP contribution in [0, 0.1) is 5.82 Å². The highest BCUT2D eigenvalue weighted by atomic mass is 32.2. The Bertz CT molecular complexity index is 1220. The number of halogens is 1. The van der Waals surface area contributed by atoms with Crippen LogP contribution in [0.5, 0.6) is 0 Å². The smallest absolute Gasteiger partial charge is 0.175 e. The molecule has 0 unspecified atom stereocenters. The summed E-state index contributed by atoms with van der Waals surface area (Å²) in [6, 6.07) is 14.5. The van der Waals surface area contributed by atoms with Crippen LogP contribution in [0.4, 0.5) is 4.39 Å². The molecule has 0 radical (unpaired) electrons. The Labute approximate surface area is 149 Å². The first-order chi connectivity index (χ1) is 12.4. The summed E-state index contributed by atoms with van der Waals surface area (Å²) < 4.78 is 36.9. The zero-order chi connectivity index (χ0) is 18.3. The van der Waals surface area contributed by atoms with E-state index in [1.165, 1.54) is 18.4 Å². The summed E-state index contributed by atoms with van der Waals surface area (Å²) in [6.45, 7) is 0. The number of nitrogens with one attached hydrogen (secondary N) is 1. The van der Waals surface area contributed by atoms with Crippen LogP contribution in [0.25, 0.3) is 33.4 Å². The molecule has 26 heavy (non-hydrogen) atoms. The molecule has 7 heteroatoms. The molecule has 0 atom stereocenters. The molecule has 130 valence electrons. The van der Waals surface area contributed by atoms with Crippen LogP contribution in [0.2, 0.25) is 0 Å². The van der Waals surface area contributed by atoms with E-state index in [-0.39, 0.29) is 10.7 Å². The fourth-order valence-corrected chi connectivity index (χ4v) is 3.52. The summed E-state index contributed by atoms with van der Waals surface area (Å²) in [5, 5.41) is 8.02. The van der Waals surface area contributed by atoms with Gasteiger partial charge in [-0.2, -0.15) is 5.10 Å². The van der Waals surface area contributed by atoms with Crippen molar-refractivity contribution in [2.24, 2.45) is 0 Å². The topological polar surface area (TPSA) is 75.7 Å². The van der Waals surface area contributed by atoms with Gasteiger partial charge in [0.05, 0.1) is 21.5 Å². The normalized spacial score (nSPS) is 11.8. The SMILES string of the molecule is CS(=O)(=O)c1ccc(-c2nccc3[nH]nc(-c4cccc(F)c4)c23)cc1. The third kappa shape index (κ3) is 2.86. The first-order valence-electron chi connectivity index (χ1n) is 7.83. The molecule has 0 amide bonds. The van der Waals surface area contributed by atoms with Crippen LogP contribution < -0.4 is 0 Å². The minimum absolute atomic E-state index is 0.242. The number of hydrogen-bond acceptors (Lipinski definition) is 4. The molecule has 2 aromatic heterocycles. The summed E-state index contributed by atoms with van der Waals surface area (Å²) in [6.07, 6.45) is 2.81. The third-order valence-electron chi connectivity index (χ3n) is 4.13. The van der Waals surface area contributed by atoms with Crippen LogP contribution >= 0.6 is 0 Å². The van der Waals surface area contributed by atoms with E-state index in [0.717, 1.165) is 16.5 Å². The summed E-state index contributed by atoms with van der Waals surface area (Å²) in [7, 11) is -3.27. The largest absolute Gasteiger partial charge is 0.277 e. The predicted octanol–water partition coefficient (Wildman–Crippen LogP) is 3.83. The second-order valence-corrected chi connectivity index (χ2v) is 7.98. The predicted molar refractivity (Wildman–Crippen MR) is 97.8 cm³/mol. The highest BCUT2D eigenvalue weighted by Gasteiger charge is 2.16. The molecule has 0 spiro atoms. The van der Waals surface area contributed by atoms with Crippen LogP contribution in [-0.2, 0) is 9.84 Å². The maximum absolute atomic E-state index is 13.6. The molecule has 0 fully saturated rings. The molecule has 0 aliphatic rings. The lowest BCUT2D eigenvalue weighted by Crippen LogP contribution is -1.96. The lowest BCUT2D eigenvalue weighted by Gasteiger charge is -2.06. The number of hydrogen-bond donors (Lipinski definition) is 1. The molecule has 4 aromatic rings. The number of benzene rings is 2. The maximum atomic E-state index is 13.6. The molecule has 1 N–H and O–H groups in total. The first kappa shape index (κ1) is 16.4. The molecule has 0 saturated carbocycles. The van der Waals surface area contributed by atoms with Crippen LogP contribution in [0.15, 0.2) is 65.7 Å². The molecule has 0 aliphatic heterocycles. The Morgan fingerprint density at radius 1 is 0.962 bits per heavy atom. The molecular formula is C19H14FN3O2S. The van der Waals surface area contributed by atoms with Crippen molar-refractivity contribution in [3.05, 3.63) is 66.6 Å². The van der Waals surface area contributed by atoms with E-state index in [9.17, 15) is 12.8 Å². The Morgan fingerprint density at radius 3 is 2.42 bits per heavy atom. The van der Waals surface area contributed by atoms with Crippen molar-refractivity contribution in [3.63, 3.8) is 0 Å². The van der Waals surface area contributed by atoms with Gasteiger partial charge in [-0.1, -0.05) is 24.3 Å². The molecule has 2 aromatic carbocycles. The zero-order valence-electron chi connectivity index (χ0n) is 13.8. The second kappa shape index (κ2) is 6.03. The minimum Gasteiger partial charge on any atom is -0.277 e. The van der Waals surface area contributed by atoms with Crippen molar-refractivity contribution >= 4 is 20.7 Å². The van der Waals surface area contributed by atoms with Gasteiger partial charge in [-0.15, -0.1) is 0 Å². The summed E-state index contributed by atoms with van der Waals surface area (Å²) >= 11 is 0. The molecule has 5 nitrogen and oxygen atoms in total. The number of fused-ring (bicyclic) bond motifs is 1. The fraction of sp³-hybridized carbons (Fsp3) is 0.0526. The number of pyridine rings is 1. The zero-order valence-corrected chi connectivity index (χ0v) is 14.6. The number of nitrogens with zero attached hydrogens (tertiary/aromatic N) is 2. The fourth-order valence-electron chi connectivity index (χ4n) is 2.89. The van der Waals surface area contributed by atoms with Crippen molar-refractivity contribution in [1.82, 2.24) is 15.2 Å². The van der Waals surface area contributed by atoms with Gasteiger partial charge in [0.2, 0.25) is 0 Å². The highest BCUT2D eigenvalue weighted by Crippen LogP contribution is 2.33. The second-order valence-electron chi connectivity index (χ2n) is 5.96. The maximum Gasteiger partial charge on any atom is 0.175 e. The van der Waals surface area contributed by atoms with Gasteiger partial charge in [-0.3, -0.25) is 10.1 Å². The van der Waals surface area contributed by atoms with E-state index in [1.54, 1.807) is 48.7 Å². The minimum atomic E-state index is -3.27. The first-order valence-corrected chi connectivity index (χ1v) is 9.72. The number of sulfone groups is 1. The van der Waals surface area contributed by atoms with E-state index in [2.05, 4.69) is 15.2 Å². The van der Waals surface area contributed by atoms with Gasteiger partial charge in [-0.05, 0) is 30.3 Å². The number of H-pyrrole nitrogens is 1. The van der Waals surface area contributed by atoms with Crippen LogP contribution in [0.1, 0.15) is 0 Å². The lowest BCUT2D eigenvalue weighted by atomic mass is 10.0. The van der Waals surface area contributed by atoms with Gasteiger partial charge in [0.1, 0.15) is 11.5 Å². The van der Waals surface area contributed by atoms with Crippen molar-refractivity contribution in [2.45, 2.75) is 4.90 Å². The van der Waals surface area contributed by atoms with Crippen LogP contribution in [0.3, 0.4) is 0 Å². The van der Waals surface area contributed by atoms with Gasteiger partial charge in [0.15, 0.2) is 9.84 Å². The van der Waals surface area contributed by atoms with Crippen molar-refractivity contribution < 1.29 is 12.8 Å². The highest BCUT2D eigenvalue weighted by molar-refractivity contribution is 7.90. The van der Waals surface area contributed by atoms with Crippen LogP contribution in [-0.4, -0.2) is 29.9 Å². The number of aromatic amines is 1. The van der Waals surface area contributed by atoms with E-state index in [1.807, 2.05) is 0 Å².